The second-order valence-electron chi connectivity index (χ2n) is 5.07. The van der Waals surface area contributed by atoms with E-state index in [4.69, 9.17) is 16.7 Å². The normalized spacial score (nSPS) is 20.1. The standard InChI is InChI=1S/C14H16ClFN2O3/c1-8(14(20)21)17(2)12-5-6-18(13(12)19)9-3-4-10(15)11(16)7-9/h3-4,7-8,12H,5-6H2,1-2H3,(H,20,21). The predicted molar refractivity (Wildman–Crippen MR) is 77.0 cm³/mol. The summed E-state index contributed by atoms with van der Waals surface area (Å²) in [5.74, 6) is -1.80. The third-order valence-corrected chi connectivity index (χ3v) is 4.16. The Balaban J connectivity index is 2.18. The maximum atomic E-state index is 13.5. The lowest BCUT2D eigenvalue weighted by Crippen LogP contribution is -2.47. The van der Waals surface area contributed by atoms with Crippen LogP contribution in [0.5, 0.6) is 0 Å². The van der Waals surface area contributed by atoms with Crippen molar-refractivity contribution in [3.05, 3.63) is 29.0 Å². The molecule has 1 aliphatic heterocycles. The van der Waals surface area contributed by atoms with Crippen LogP contribution in [0, 0.1) is 5.82 Å². The molecule has 0 radical (unpaired) electrons. The molecule has 5 nitrogen and oxygen atoms in total. The van der Waals surface area contributed by atoms with Gasteiger partial charge in [-0.25, -0.2) is 4.39 Å². The van der Waals surface area contributed by atoms with Crippen LogP contribution in [0.15, 0.2) is 18.2 Å². The van der Waals surface area contributed by atoms with Crippen molar-refractivity contribution in [2.24, 2.45) is 0 Å². The van der Waals surface area contributed by atoms with Gasteiger partial charge in [0.1, 0.15) is 11.9 Å². The minimum atomic E-state index is -0.985. The Morgan fingerprint density at radius 2 is 2.24 bits per heavy atom. The number of halogens is 2. The van der Waals surface area contributed by atoms with Gasteiger partial charge in [0.05, 0.1) is 11.1 Å². The predicted octanol–water partition coefficient (Wildman–Crippen LogP) is 1.99. The number of carbonyl (C=O) groups is 2. The summed E-state index contributed by atoms with van der Waals surface area (Å²) in [4.78, 5) is 26.4. The lowest BCUT2D eigenvalue weighted by molar-refractivity contribution is -0.143. The van der Waals surface area contributed by atoms with Gasteiger partial charge in [-0.2, -0.15) is 0 Å². The zero-order valence-electron chi connectivity index (χ0n) is 11.7. The molecule has 21 heavy (non-hydrogen) atoms. The average molecular weight is 315 g/mol. The van der Waals surface area contributed by atoms with Crippen molar-refractivity contribution in [1.82, 2.24) is 4.90 Å². The molecule has 0 aliphatic carbocycles. The van der Waals surface area contributed by atoms with E-state index >= 15 is 0 Å². The summed E-state index contributed by atoms with van der Waals surface area (Å²) in [6.07, 6.45) is 0.497. The molecule has 1 aromatic rings. The summed E-state index contributed by atoms with van der Waals surface area (Å²) in [6, 6.07) is 2.90. The van der Waals surface area contributed by atoms with Crippen molar-refractivity contribution >= 4 is 29.2 Å². The van der Waals surface area contributed by atoms with E-state index in [1.54, 1.807) is 13.1 Å². The van der Waals surface area contributed by atoms with Crippen LogP contribution in [-0.2, 0) is 9.59 Å². The largest absolute Gasteiger partial charge is 0.480 e. The third-order valence-electron chi connectivity index (χ3n) is 3.85. The van der Waals surface area contributed by atoms with Crippen LogP contribution >= 0.6 is 11.6 Å². The first-order valence-corrected chi connectivity index (χ1v) is 6.92. The molecule has 1 aromatic carbocycles. The van der Waals surface area contributed by atoms with E-state index in [9.17, 15) is 14.0 Å². The summed E-state index contributed by atoms with van der Waals surface area (Å²) >= 11 is 5.63. The van der Waals surface area contributed by atoms with Crippen LogP contribution in [0.2, 0.25) is 5.02 Å². The van der Waals surface area contributed by atoms with Gasteiger partial charge in [0.2, 0.25) is 5.91 Å². The zero-order chi connectivity index (χ0) is 15.7. The smallest absolute Gasteiger partial charge is 0.320 e. The van der Waals surface area contributed by atoms with E-state index in [-0.39, 0.29) is 10.9 Å². The molecule has 114 valence electrons. The third kappa shape index (κ3) is 3.01. The van der Waals surface area contributed by atoms with Crippen LogP contribution in [0.1, 0.15) is 13.3 Å². The van der Waals surface area contributed by atoms with Gasteiger partial charge >= 0.3 is 5.97 Å². The number of likely N-dealkylation sites (N-methyl/N-ethyl adjacent to an activating group) is 1. The van der Waals surface area contributed by atoms with Gasteiger partial charge in [0.15, 0.2) is 0 Å². The van der Waals surface area contributed by atoms with E-state index < -0.39 is 23.9 Å². The summed E-state index contributed by atoms with van der Waals surface area (Å²) in [5, 5.41) is 9.02. The molecular weight excluding hydrogens is 299 g/mol. The van der Waals surface area contributed by atoms with Gasteiger partial charge in [-0.1, -0.05) is 11.6 Å². The average Bonchev–Trinajstić information content (AvgIpc) is 2.82. The van der Waals surface area contributed by atoms with E-state index in [2.05, 4.69) is 0 Å². The number of carboxylic acid groups (broad SMARTS) is 1. The lowest BCUT2D eigenvalue weighted by atomic mass is 10.1. The lowest BCUT2D eigenvalue weighted by Gasteiger charge is -2.27. The SMILES string of the molecule is CC(C(=O)O)N(C)C1CCN(c2ccc(Cl)c(F)c2)C1=O. The molecule has 1 heterocycles. The first kappa shape index (κ1) is 15.7. The molecule has 2 atom stereocenters. The minimum Gasteiger partial charge on any atom is -0.480 e. The highest BCUT2D eigenvalue weighted by molar-refractivity contribution is 6.30. The highest BCUT2D eigenvalue weighted by Gasteiger charge is 2.38. The molecular formula is C14H16ClFN2O3. The van der Waals surface area contributed by atoms with Gasteiger partial charge in [-0.3, -0.25) is 14.5 Å². The fourth-order valence-corrected chi connectivity index (χ4v) is 2.51. The molecule has 1 saturated heterocycles. The highest BCUT2D eigenvalue weighted by Crippen LogP contribution is 2.27. The van der Waals surface area contributed by atoms with Crippen LogP contribution in [-0.4, -0.2) is 47.6 Å². The number of carboxylic acids is 1. The van der Waals surface area contributed by atoms with Crippen LogP contribution in [0.3, 0.4) is 0 Å². The molecule has 1 fully saturated rings. The van der Waals surface area contributed by atoms with Crippen molar-refractivity contribution in [2.75, 3.05) is 18.5 Å². The first-order chi connectivity index (χ1) is 9.82. The Bertz CT molecular complexity index is 581. The number of benzene rings is 1. The monoisotopic (exact) mass is 314 g/mol. The fourth-order valence-electron chi connectivity index (χ4n) is 2.40. The first-order valence-electron chi connectivity index (χ1n) is 6.54. The molecule has 1 N–H and O–H groups in total. The van der Waals surface area contributed by atoms with Crippen molar-refractivity contribution in [3.8, 4) is 0 Å². The maximum Gasteiger partial charge on any atom is 0.320 e. The number of aliphatic carboxylic acids is 1. The Morgan fingerprint density at radius 1 is 1.57 bits per heavy atom. The van der Waals surface area contributed by atoms with Crippen molar-refractivity contribution in [1.29, 1.82) is 0 Å². The molecule has 2 unspecified atom stereocenters. The number of rotatable bonds is 4. The number of hydrogen-bond donors (Lipinski definition) is 1. The second-order valence-corrected chi connectivity index (χ2v) is 5.48. The molecule has 2 rings (SSSR count). The summed E-state index contributed by atoms with van der Waals surface area (Å²) < 4.78 is 13.5. The molecule has 0 bridgehead atoms. The van der Waals surface area contributed by atoms with E-state index in [0.29, 0.717) is 18.7 Å². The number of amides is 1. The van der Waals surface area contributed by atoms with Gasteiger partial charge in [0, 0.05) is 12.2 Å². The van der Waals surface area contributed by atoms with Crippen LogP contribution in [0.25, 0.3) is 0 Å². The fraction of sp³-hybridized carbons (Fsp3) is 0.429. The molecule has 0 aromatic heterocycles. The minimum absolute atomic E-state index is 0.00133. The van der Waals surface area contributed by atoms with Crippen LogP contribution < -0.4 is 4.90 Å². The summed E-state index contributed by atoms with van der Waals surface area (Å²) in [7, 11) is 1.60. The second kappa shape index (κ2) is 5.99. The van der Waals surface area contributed by atoms with E-state index in [0.717, 1.165) is 0 Å². The van der Waals surface area contributed by atoms with Crippen LogP contribution in [0.4, 0.5) is 10.1 Å². The number of nitrogens with zero attached hydrogens (tertiary/aromatic N) is 2. The quantitative estimate of drug-likeness (QED) is 0.923. The molecule has 1 aliphatic rings. The Morgan fingerprint density at radius 3 is 2.81 bits per heavy atom. The maximum absolute atomic E-state index is 13.5. The van der Waals surface area contributed by atoms with Crippen molar-refractivity contribution in [2.45, 2.75) is 25.4 Å². The van der Waals surface area contributed by atoms with Crippen molar-refractivity contribution in [3.63, 3.8) is 0 Å². The molecule has 1 amide bonds. The molecule has 0 saturated carbocycles. The Labute approximate surface area is 126 Å². The Hall–Kier alpha value is -1.66. The van der Waals surface area contributed by atoms with E-state index in [1.165, 1.54) is 28.9 Å². The van der Waals surface area contributed by atoms with Gasteiger partial charge in [0.25, 0.3) is 0 Å². The zero-order valence-corrected chi connectivity index (χ0v) is 12.5. The van der Waals surface area contributed by atoms with Crippen molar-refractivity contribution < 1.29 is 19.1 Å². The number of carbonyl (C=O) groups excluding carboxylic acids is 1. The summed E-state index contributed by atoms with van der Waals surface area (Å²) in [5.41, 5.74) is 0.431. The molecule has 7 heteroatoms. The number of hydrogen-bond acceptors (Lipinski definition) is 3. The van der Waals surface area contributed by atoms with Gasteiger partial charge in [-0.15, -0.1) is 0 Å². The van der Waals surface area contributed by atoms with Gasteiger partial charge in [-0.05, 0) is 38.6 Å². The topological polar surface area (TPSA) is 60.9 Å². The summed E-state index contributed by atoms with van der Waals surface area (Å²) in [6.45, 7) is 1.95. The van der Waals surface area contributed by atoms with E-state index in [1.807, 2.05) is 0 Å². The molecule has 0 spiro atoms. The Kier molecular flexibility index (Phi) is 4.49. The highest BCUT2D eigenvalue weighted by atomic mass is 35.5. The van der Waals surface area contributed by atoms with Gasteiger partial charge < -0.3 is 10.0 Å². The number of anilines is 1.